The molecular weight excluding hydrogens is 280 g/mol. The Hall–Kier alpha value is -2.29. The van der Waals surface area contributed by atoms with Crippen LogP contribution in [0.25, 0.3) is 0 Å². The number of carbonyl (C=O) groups is 2. The van der Waals surface area contributed by atoms with Crippen LogP contribution in [-0.2, 0) is 10.3 Å². The van der Waals surface area contributed by atoms with Crippen LogP contribution in [0.1, 0.15) is 46.6 Å². The van der Waals surface area contributed by atoms with Gasteiger partial charge in [-0.25, -0.2) is 9.69 Å². The Balaban J connectivity index is 2.48. The molecule has 1 aliphatic rings. The zero-order valence-electron chi connectivity index (χ0n) is 13.8. The minimum absolute atomic E-state index is 0.00920. The third kappa shape index (κ3) is 2.59. The van der Waals surface area contributed by atoms with Crippen molar-refractivity contribution in [3.63, 3.8) is 0 Å². The summed E-state index contributed by atoms with van der Waals surface area (Å²) in [5.41, 5.74) is 0.0990. The van der Waals surface area contributed by atoms with Crippen LogP contribution >= 0.6 is 0 Å². The molecule has 6 nitrogen and oxygen atoms in total. The molecule has 1 saturated heterocycles. The van der Waals surface area contributed by atoms with Gasteiger partial charge in [0, 0.05) is 17.8 Å². The molecule has 3 amide bonds. The lowest BCUT2D eigenvalue weighted by Crippen LogP contribution is -2.39. The summed E-state index contributed by atoms with van der Waals surface area (Å²) in [6.07, 6.45) is 2.47. The van der Waals surface area contributed by atoms with E-state index in [9.17, 15) is 9.59 Å². The second-order valence-electron chi connectivity index (χ2n) is 6.64. The SMILES string of the molecule is CCC(C)N1CC(=O)N(c2cc(C#N)cn2C(C)(C)C)C1=O. The largest absolute Gasteiger partial charge is 0.333 e. The maximum absolute atomic E-state index is 12.6. The Morgan fingerprint density at radius 2 is 2.00 bits per heavy atom. The minimum Gasteiger partial charge on any atom is -0.327 e. The number of hydrogen-bond donors (Lipinski definition) is 0. The fraction of sp³-hybridized carbons (Fsp3) is 0.562. The first-order valence-electron chi connectivity index (χ1n) is 7.47. The van der Waals surface area contributed by atoms with Crippen LogP contribution in [-0.4, -0.2) is 34.0 Å². The van der Waals surface area contributed by atoms with Gasteiger partial charge in [-0.2, -0.15) is 5.26 Å². The highest BCUT2D eigenvalue weighted by molar-refractivity contribution is 6.19. The summed E-state index contributed by atoms with van der Waals surface area (Å²) in [4.78, 5) is 27.8. The number of rotatable bonds is 3. The lowest BCUT2D eigenvalue weighted by Gasteiger charge is -2.28. The number of nitrogens with zero attached hydrogens (tertiary/aromatic N) is 4. The Morgan fingerprint density at radius 3 is 2.50 bits per heavy atom. The molecule has 0 N–H and O–H groups in total. The molecule has 1 aliphatic heterocycles. The smallest absolute Gasteiger partial charge is 0.327 e. The number of amides is 3. The van der Waals surface area contributed by atoms with Crippen molar-refractivity contribution < 1.29 is 9.59 Å². The predicted molar refractivity (Wildman–Crippen MR) is 83.5 cm³/mol. The maximum Gasteiger partial charge on any atom is 0.333 e. The van der Waals surface area contributed by atoms with Crippen LogP contribution in [0.5, 0.6) is 0 Å². The molecule has 1 fully saturated rings. The molecule has 1 aromatic rings. The summed E-state index contributed by atoms with van der Waals surface area (Å²) in [7, 11) is 0. The predicted octanol–water partition coefficient (Wildman–Crippen LogP) is 2.68. The molecule has 118 valence electrons. The molecule has 2 heterocycles. The lowest BCUT2D eigenvalue weighted by molar-refractivity contribution is -0.116. The molecule has 1 aromatic heterocycles. The van der Waals surface area contributed by atoms with Gasteiger partial charge in [0.2, 0.25) is 0 Å². The van der Waals surface area contributed by atoms with E-state index < -0.39 is 0 Å². The molecule has 22 heavy (non-hydrogen) atoms. The van der Waals surface area contributed by atoms with Gasteiger partial charge in [0.15, 0.2) is 0 Å². The fourth-order valence-corrected chi connectivity index (χ4v) is 2.53. The molecule has 6 heteroatoms. The Morgan fingerprint density at radius 1 is 1.36 bits per heavy atom. The number of aromatic nitrogens is 1. The van der Waals surface area contributed by atoms with Gasteiger partial charge in [0.25, 0.3) is 5.91 Å². The molecule has 2 rings (SSSR count). The molecule has 1 unspecified atom stereocenters. The van der Waals surface area contributed by atoms with E-state index in [1.807, 2.05) is 39.2 Å². The maximum atomic E-state index is 12.6. The van der Waals surface area contributed by atoms with E-state index in [1.165, 1.54) is 4.90 Å². The average Bonchev–Trinajstić information content (AvgIpc) is 2.98. The first-order chi connectivity index (χ1) is 10.2. The van der Waals surface area contributed by atoms with Crippen LogP contribution in [0.3, 0.4) is 0 Å². The van der Waals surface area contributed by atoms with E-state index in [2.05, 4.69) is 6.07 Å². The van der Waals surface area contributed by atoms with Crippen molar-refractivity contribution in [2.45, 2.75) is 52.6 Å². The Kier molecular flexibility index (Phi) is 4.01. The quantitative estimate of drug-likeness (QED) is 0.806. The zero-order valence-corrected chi connectivity index (χ0v) is 13.8. The standard InChI is InChI=1S/C16H22N4O2/c1-6-11(2)18-10-14(21)20(15(18)22)13-7-12(8-17)9-19(13)16(3,4)5/h7,9,11H,6,10H2,1-5H3. The highest BCUT2D eigenvalue weighted by atomic mass is 16.2. The van der Waals surface area contributed by atoms with E-state index >= 15 is 0 Å². The van der Waals surface area contributed by atoms with Gasteiger partial charge in [0.1, 0.15) is 18.4 Å². The summed E-state index contributed by atoms with van der Waals surface area (Å²) in [5, 5.41) is 9.13. The Labute approximate surface area is 130 Å². The number of anilines is 1. The minimum atomic E-state index is -0.339. The number of hydrogen-bond acceptors (Lipinski definition) is 3. The van der Waals surface area contributed by atoms with Crippen molar-refractivity contribution in [1.29, 1.82) is 5.26 Å². The summed E-state index contributed by atoms with van der Waals surface area (Å²) >= 11 is 0. The van der Waals surface area contributed by atoms with Gasteiger partial charge in [-0.1, -0.05) is 6.92 Å². The molecule has 1 atom stereocenters. The van der Waals surface area contributed by atoms with Crippen LogP contribution in [0.2, 0.25) is 0 Å². The molecular formula is C16H22N4O2. The third-order valence-electron chi connectivity index (χ3n) is 4.00. The monoisotopic (exact) mass is 302 g/mol. The Bertz CT molecular complexity index is 648. The fourth-order valence-electron chi connectivity index (χ4n) is 2.53. The first kappa shape index (κ1) is 16.1. The van der Waals surface area contributed by atoms with Crippen molar-refractivity contribution in [1.82, 2.24) is 9.47 Å². The van der Waals surface area contributed by atoms with Crippen LogP contribution in [0.15, 0.2) is 12.3 Å². The van der Waals surface area contributed by atoms with E-state index in [0.717, 1.165) is 6.42 Å². The van der Waals surface area contributed by atoms with Crippen molar-refractivity contribution in [3.05, 3.63) is 17.8 Å². The molecule has 0 bridgehead atoms. The number of nitriles is 1. The van der Waals surface area contributed by atoms with Crippen LogP contribution in [0.4, 0.5) is 10.6 Å². The third-order valence-corrected chi connectivity index (χ3v) is 4.00. The molecule has 0 aromatic carbocycles. The van der Waals surface area contributed by atoms with Gasteiger partial charge in [-0.3, -0.25) is 4.79 Å². The highest BCUT2D eigenvalue weighted by Gasteiger charge is 2.41. The average molecular weight is 302 g/mol. The normalized spacial score (nSPS) is 17.1. The van der Waals surface area contributed by atoms with E-state index in [-0.39, 0.29) is 30.1 Å². The number of urea groups is 1. The van der Waals surface area contributed by atoms with Crippen LogP contribution < -0.4 is 4.90 Å². The summed E-state index contributed by atoms with van der Waals surface area (Å²) in [5.74, 6) is 0.211. The molecule has 0 spiro atoms. The van der Waals surface area contributed by atoms with Gasteiger partial charge in [-0.05, 0) is 40.2 Å². The van der Waals surface area contributed by atoms with Gasteiger partial charge >= 0.3 is 6.03 Å². The first-order valence-corrected chi connectivity index (χ1v) is 7.47. The van der Waals surface area contributed by atoms with E-state index in [1.54, 1.807) is 17.2 Å². The van der Waals surface area contributed by atoms with Gasteiger partial charge < -0.3 is 9.47 Å². The van der Waals surface area contributed by atoms with Gasteiger partial charge in [-0.15, -0.1) is 0 Å². The van der Waals surface area contributed by atoms with E-state index in [4.69, 9.17) is 5.26 Å². The molecule has 0 aliphatic carbocycles. The lowest BCUT2D eigenvalue weighted by atomic mass is 10.1. The topological polar surface area (TPSA) is 69.3 Å². The second kappa shape index (κ2) is 5.48. The van der Waals surface area contributed by atoms with Crippen molar-refractivity contribution in [3.8, 4) is 6.07 Å². The highest BCUT2D eigenvalue weighted by Crippen LogP contribution is 2.30. The van der Waals surface area contributed by atoms with E-state index in [0.29, 0.717) is 11.4 Å². The van der Waals surface area contributed by atoms with Gasteiger partial charge in [0.05, 0.1) is 5.56 Å². The summed E-state index contributed by atoms with van der Waals surface area (Å²) in [6, 6.07) is 3.37. The summed E-state index contributed by atoms with van der Waals surface area (Å²) in [6.45, 7) is 9.90. The van der Waals surface area contributed by atoms with Crippen LogP contribution in [0, 0.1) is 11.3 Å². The second-order valence-corrected chi connectivity index (χ2v) is 6.64. The number of imide groups is 1. The van der Waals surface area contributed by atoms with Crippen molar-refractivity contribution in [2.75, 3.05) is 11.4 Å². The molecule has 0 radical (unpaired) electrons. The summed E-state index contributed by atoms with van der Waals surface area (Å²) < 4.78 is 1.81. The van der Waals surface area contributed by atoms with Crippen molar-refractivity contribution in [2.24, 2.45) is 0 Å². The number of carbonyl (C=O) groups excluding carboxylic acids is 2. The zero-order chi connectivity index (χ0) is 16.7. The molecule has 0 saturated carbocycles. The van der Waals surface area contributed by atoms with Crippen molar-refractivity contribution >= 4 is 17.8 Å².